The highest BCUT2D eigenvalue weighted by molar-refractivity contribution is 5.80. The van der Waals surface area contributed by atoms with Gasteiger partial charge in [-0.15, -0.1) is 6.58 Å². The minimum atomic E-state index is -0.990. The molecule has 1 saturated carbocycles. The van der Waals surface area contributed by atoms with Crippen molar-refractivity contribution in [3.63, 3.8) is 0 Å². The van der Waals surface area contributed by atoms with Crippen LogP contribution < -0.4 is 5.32 Å². The predicted octanol–water partition coefficient (Wildman–Crippen LogP) is 6.55. The van der Waals surface area contributed by atoms with Crippen LogP contribution in [0.4, 0.5) is 0 Å². The lowest BCUT2D eigenvalue weighted by molar-refractivity contribution is -0.276. The molecule has 0 bridgehead atoms. The van der Waals surface area contributed by atoms with Gasteiger partial charge < -0.3 is 25.0 Å². The van der Waals surface area contributed by atoms with E-state index in [4.69, 9.17) is 14.6 Å². The number of rotatable bonds is 14. The third-order valence-corrected chi connectivity index (χ3v) is 9.30. The largest absolute Gasteiger partial charge is 0.481 e. The molecular weight excluding hydrogens is 580 g/mol. The van der Waals surface area contributed by atoms with Gasteiger partial charge in [-0.25, -0.2) is 0 Å². The Morgan fingerprint density at radius 1 is 0.957 bits per heavy atom. The molecule has 0 spiro atoms. The first-order valence-corrected chi connectivity index (χ1v) is 16.4. The average Bonchev–Trinajstić information content (AvgIpc) is 3.63. The van der Waals surface area contributed by atoms with Gasteiger partial charge in [-0.3, -0.25) is 14.5 Å². The summed E-state index contributed by atoms with van der Waals surface area (Å²) in [6.45, 7) is 8.16. The number of aliphatic hydroxyl groups excluding tert-OH is 1. The molecule has 4 atom stereocenters. The van der Waals surface area contributed by atoms with E-state index < -0.39 is 12.3 Å². The molecule has 0 aromatic heterocycles. The van der Waals surface area contributed by atoms with Crippen molar-refractivity contribution < 1.29 is 29.3 Å². The van der Waals surface area contributed by atoms with Gasteiger partial charge in [-0.2, -0.15) is 0 Å². The molecule has 5 rings (SSSR count). The molecule has 2 aliphatic rings. The van der Waals surface area contributed by atoms with Gasteiger partial charge in [0.05, 0.1) is 25.2 Å². The van der Waals surface area contributed by atoms with Crippen LogP contribution in [0.2, 0.25) is 0 Å². The number of carbonyl (C=O) groups is 2. The lowest BCUT2D eigenvalue weighted by Crippen LogP contribution is -2.47. The van der Waals surface area contributed by atoms with E-state index in [2.05, 4.69) is 23.7 Å². The summed E-state index contributed by atoms with van der Waals surface area (Å²) < 4.78 is 13.5. The highest BCUT2D eigenvalue weighted by Crippen LogP contribution is 2.42. The normalized spacial score (nSPS) is 21.7. The van der Waals surface area contributed by atoms with E-state index in [0.29, 0.717) is 12.6 Å². The minimum Gasteiger partial charge on any atom is -0.481 e. The molecule has 1 aliphatic heterocycles. The number of carbonyl (C=O) groups excluding carboxylic acids is 1. The third-order valence-electron chi connectivity index (χ3n) is 9.30. The first-order valence-electron chi connectivity index (χ1n) is 16.4. The second-order valence-electron chi connectivity index (χ2n) is 12.5. The van der Waals surface area contributed by atoms with Crippen molar-refractivity contribution in [1.82, 2.24) is 10.2 Å². The van der Waals surface area contributed by atoms with Gasteiger partial charge in [0, 0.05) is 43.6 Å². The lowest BCUT2D eigenvalue weighted by Gasteiger charge is -2.43. The number of aliphatic hydroxyl groups is 1. The Labute approximate surface area is 272 Å². The lowest BCUT2D eigenvalue weighted by atomic mass is 9.89. The SMILES string of the molecule is C=CCN(CC1OC(c2ccc(-c3ccccc3CNC(=O)CCC(=O)O)cc2)OC(c2ccc(CO)cc2)C1C)C1CCCC1. The summed E-state index contributed by atoms with van der Waals surface area (Å²) in [4.78, 5) is 25.5. The number of aliphatic carboxylic acids is 1. The molecule has 244 valence electrons. The first-order chi connectivity index (χ1) is 22.4. The molecule has 3 N–H and O–H groups in total. The van der Waals surface area contributed by atoms with Gasteiger partial charge in [0.15, 0.2) is 6.29 Å². The minimum absolute atomic E-state index is 0.000189. The van der Waals surface area contributed by atoms with Crippen LogP contribution in [0.1, 0.15) is 80.1 Å². The number of nitrogens with one attached hydrogen (secondary N) is 1. The van der Waals surface area contributed by atoms with Crippen molar-refractivity contribution in [3.8, 4) is 11.1 Å². The monoisotopic (exact) mass is 626 g/mol. The maximum absolute atomic E-state index is 12.2. The van der Waals surface area contributed by atoms with E-state index in [1.165, 1.54) is 25.7 Å². The molecule has 8 heteroatoms. The summed E-state index contributed by atoms with van der Waals surface area (Å²) in [7, 11) is 0. The summed E-state index contributed by atoms with van der Waals surface area (Å²) in [5.41, 5.74) is 5.78. The van der Waals surface area contributed by atoms with Gasteiger partial charge in [0.25, 0.3) is 0 Å². The van der Waals surface area contributed by atoms with E-state index in [0.717, 1.165) is 46.5 Å². The average molecular weight is 627 g/mol. The van der Waals surface area contributed by atoms with Gasteiger partial charge >= 0.3 is 5.97 Å². The topological polar surface area (TPSA) is 108 Å². The molecule has 4 unspecified atom stereocenters. The Bertz CT molecular complexity index is 1450. The van der Waals surface area contributed by atoms with E-state index in [1.54, 1.807) is 0 Å². The highest BCUT2D eigenvalue weighted by atomic mass is 16.7. The second-order valence-corrected chi connectivity index (χ2v) is 12.5. The zero-order valence-corrected chi connectivity index (χ0v) is 26.6. The Morgan fingerprint density at radius 3 is 2.33 bits per heavy atom. The van der Waals surface area contributed by atoms with E-state index >= 15 is 0 Å². The van der Waals surface area contributed by atoms with Crippen molar-refractivity contribution in [1.29, 1.82) is 0 Å². The van der Waals surface area contributed by atoms with Crippen LogP contribution in [0.5, 0.6) is 0 Å². The number of hydrogen-bond acceptors (Lipinski definition) is 6. The summed E-state index contributed by atoms with van der Waals surface area (Å²) >= 11 is 0. The molecule has 3 aromatic carbocycles. The molecule has 2 fully saturated rings. The number of ether oxygens (including phenoxy) is 2. The van der Waals surface area contributed by atoms with E-state index in [1.807, 2.05) is 78.9 Å². The molecule has 0 radical (unpaired) electrons. The zero-order valence-electron chi connectivity index (χ0n) is 26.6. The number of nitrogens with zero attached hydrogens (tertiary/aromatic N) is 1. The summed E-state index contributed by atoms with van der Waals surface area (Å²) in [5.74, 6) is -1.18. The molecule has 1 saturated heterocycles. The van der Waals surface area contributed by atoms with E-state index in [-0.39, 0.29) is 43.5 Å². The number of amides is 1. The smallest absolute Gasteiger partial charge is 0.303 e. The fourth-order valence-electron chi connectivity index (χ4n) is 6.65. The van der Waals surface area contributed by atoms with E-state index in [9.17, 15) is 14.7 Å². The quantitative estimate of drug-likeness (QED) is 0.174. The van der Waals surface area contributed by atoms with Crippen LogP contribution in [0, 0.1) is 5.92 Å². The molecule has 8 nitrogen and oxygen atoms in total. The Morgan fingerprint density at radius 2 is 1.65 bits per heavy atom. The van der Waals surface area contributed by atoms with Crippen LogP contribution in [0.15, 0.2) is 85.5 Å². The summed E-state index contributed by atoms with van der Waals surface area (Å²) in [5, 5.41) is 21.3. The van der Waals surface area contributed by atoms with Crippen molar-refractivity contribution in [2.75, 3.05) is 13.1 Å². The number of carboxylic acids is 1. The van der Waals surface area contributed by atoms with Crippen LogP contribution in [-0.2, 0) is 32.2 Å². The molecule has 1 amide bonds. The van der Waals surface area contributed by atoms with Gasteiger partial charge in [-0.1, -0.05) is 98.6 Å². The predicted molar refractivity (Wildman–Crippen MR) is 178 cm³/mol. The van der Waals surface area contributed by atoms with Crippen molar-refractivity contribution in [2.24, 2.45) is 5.92 Å². The number of hydrogen-bond donors (Lipinski definition) is 3. The van der Waals surface area contributed by atoms with Crippen LogP contribution in [-0.4, -0.2) is 52.2 Å². The molecular formula is C38H46N2O6. The fraction of sp³-hybridized carbons (Fsp3) is 0.421. The maximum Gasteiger partial charge on any atom is 0.303 e. The number of benzene rings is 3. The fourth-order valence-corrected chi connectivity index (χ4v) is 6.65. The van der Waals surface area contributed by atoms with Crippen LogP contribution in [0.25, 0.3) is 11.1 Å². The van der Waals surface area contributed by atoms with Crippen molar-refractivity contribution in [3.05, 3.63) is 108 Å². The van der Waals surface area contributed by atoms with Crippen molar-refractivity contribution in [2.45, 2.75) is 83.1 Å². The Hall–Kier alpha value is -3.82. The second kappa shape index (κ2) is 16.1. The third kappa shape index (κ3) is 8.50. The standard InChI is InChI=1S/C38H46N2O6/c1-3-22-40(32-9-5-6-10-32)24-34-26(2)37(29-14-12-27(25-41)13-15-29)46-38(45-34)30-18-16-28(17-19-30)33-11-7-4-8-31(33)23-39-35(42)20-21-36(43)44/h3-4,7-8,11-19,26,32,34,37-38,41H,1,5-6,9-10,20-25H2,2H3,(H,39,42)(H,43,44). The Balaban J connectivity index is 1.36. The van der Waals surface area contributed by atoms with Crippen molar-refractivity contribution >= 4 is 11.9 Å². The van der Waals surface area contributed by atoms with Crippen LogP contribution >= 0.6 is 0 Å². The molecule has 1 heterocycles. The Kier molecular flexibility index (Phi) is 11.8. The van der Waals surface area contributed by atoms with Gasteiger partial charge in [0.1, 0.15) is 0 Å². The summed E-state index contributed by atoms with van der Waals surface area (Å²) in [6, 6.07) is 24.6. The van der Waals surface area contributed by atoms with Gasteiger partial charge in [-0.05, 0) is 40.7 Å². The first kappa shape index (κ1) is 33.5. The zero-order chi connectivity index (χ0) is 32.5. The summed E-state index contributed by atoms with van der Waals surface area (Å²) in [6.07, 6.45) is 5.87. The molecule has 3 aromatic rings. The van der Waals surface area contributed by atoms with Gasteiger partial charge in [0.2, 0.25) is 5.91 Å². The maximum atomic E-state index is 12.2. The number of carboxylic acid groups (broad SMARTS) is 1. The van der Waals surface area contributed by atoms with Crippen LogP contribution in [0.3, 0.4) is 0 Å². The highest BCUT2D eigenvalue weighted by Gasteiger charge is 2.40. The molecule has 1 aliphatic carbocycles. The molecule has 46 heavy (non-hydrogen) atoms.